The molecule has 1 aromatic rings. The molecule has 1 atom stereocenters. The summed E-state index contributed by atoms with van der Waals surface area (Å²) in [6.07, 6.45) is 5.09. The van der Waals surface area contributed by atoms with Crippen molar-refractivity contribution in [3.05, 3.63) is 16.9 Å². The van der Waals surface area contributed by atoms with Crippen LogP contribution in [0.5, 0.6) is 0 Å². The maximum absolute atomic E-state index is 9.49. The molecule has 1 N–H and O–H groups in total. The van der Waals surface area contributed by atoms with E-state index in [0.29, 0.717) is 12.5 Å². The predicted octanol–water partition coefficient (Wildman–Crippen LogP) is 1.20. The summed E-state index contributed by atoms with van der Waals surface area (Å²) in [5, 5.41) is 9.49. The van der Waals surface area contributed by atoms with Gasteiger partial charge in [0.1, 0.15) is 0 Å². The Balaban J connectivity index is 2.10. The van der Waals surface area contributed by atoms with Crippen LogP contribution in [0.15, 0.2) is 16.9 Å². The van der Waals surface area contributed by atoms with E-state index in [1.807, 2.05) is 4.90 Å². The molecule has 1 fully saturated rings. The summed E-state index contributed by atoms with van der Waals surface area (Å²) in [4.78, 5) is 10.4. The fraction of sp³-hybridized carbons (Fsp3) is 0.556. The van der Waals surface area contributed by atoms with E-state index in [9.17, 15) is 5.11 Å². The van der Waals surface area contributed by atoms with E-state index >= 15 is 0 Å². The Morgan fingerprint density at radius 3 is 2.79 bits per heavy atom. The molecule has 0 amide bonds. The van der Waals surface area contributed by atoms with Gasteiger partial charge >= 0.3 is 0 Å². The minimum Gasteiger partial charge on any atom is -0.391 e. The van der Waals surface area contributed by atoms with Crippen LogP contribution in [0, 0.1) is 0 Å². The van der Waals surface area contributed by atoms with Gasteiger partial charge in [-0.3, -0.25) is 0 Å². The van der Waals surface area contributed by atoms with E-state index in [0.717, 1.165) is 23.9 Å². The van der Waals surface area contributed by atoms with Crippen LogP contribution in [0.4, 0.5) is 5.95 Å². The zero-order chi connectivity index (χ0) is 9.97. The minimum atomic E-state index is -0.240. The molecule has 0 unspecified atom stereocenters. The van der Waals surface area contributed by atoms with E-state index < -0.39 is 0 Å². The maximum Gasteiger partial charge on any atom is 0.225 e. The molecule has 1 aromatic heterocycles. The second-order valence-electron chi connectivity index (χ2n) is 3.44. The molecule has 76 valence electrons. The highest BCUT2D eigenvalue weighted by Gasteiger charge is 2.19. The number of rotatable bonds is 1. The van der Waals surface area contributed by atoms with Crippen LogP contribution in [0.1, 0.15) is 12.8 Å². The summed E-state index contributed by atoms with van der Waals surface area (Å²) in [6, 6.07) is 0. The topological polar surface area (TPSA) is 49.2 Å². The van der Waals surface area contributed by atoms with Gasteiger partial charge in [0, 0.05) is 25.5 Å². The van der Waals surface area contributed by atoms with Crippen molar-refractivity contribution in [2.45, 2.75) is 18.9 Å². The zero-order valence-electron chi connectivity index (χ0n) is 7.73. The number of β-amino-alcohol motifs (C(OH)–C–C–N with tert-alkyl or cyclic N) is 1. The van der Waals surface area contributed by atoms with E-state index in [1.165, 1.54) is 0 Å². The summed E-state index contributed by atoms with van der Waals surface area (Å²) >= 11 is 3.29. The molecule has 0 spiro atoms. The molecule has 0 aromatic carbocycles. The lowest BCUT2D eigenvalue weighted by atomic mass is 10.1. The first-order valence-corrected chi connectivity index (χ1v) is 5.45. The number of nitrogens with zero attached hydrogens (tertiary/aromatic N) is 3. The average Bonchev–Trinajstić information content (AvgIpc) is 2.19. The van der Waals surface area contributed by atoms with Crippen molar-refractivity contribution >= 4 is 21.9 Å². The van der Waals surface area contributed by atoms with E-state index in [2.05, 4.69) is 25.9 Å². The van der Waals surface area contributed by atoms with Crippen LogP contribution in [0.25, 0.3) is 0 Å². The van der Waals surface area contributed by atoms with Crippen molar-refractivity contribution in [2.75, 3.05) is 18.0 Å². The van der Waals surface area contributed by atoms with Gasteiger partial charge in [0.05, 0.1) is 10.6 Å². The molecular weight excluding hydrogens is 246 g/mol. The van der Waals surface area contributed by atoms with Crippen LogP contribution >= 0.6 is 15.9 Å². The average molecular weight is 258 g/mol. The first kappa shape index (κ1) is 9.86. The van der Waals surface area contributed by atoms with Gasteiger partial charge in [0.2, 0.25) is 5.95 Å². The number of aliphatic hydroxyl groups excluding tert-OH is 1. The normalized spacial score (nSPS) is 22.4. The minimum absolute atomic E-state index is 0.240. The largest absolute Gasteiger partial charge is 0.391 e. The Hall–Kier alpha value is -0.680. The van der Waals surface area contributed by atoms with Gasteiger partial charge in [-0.15, -0.1) is 0 Å². The van der Waals surface area contributed by atoms with Crippen molar-refractivity contribution in [1.29, 1.82) is 0 Å². The fourth-order valence-corrected chi connectivity index (χ4v) is 1.81. The van der Waals surface area contributed by atoms with Crippen molar-refractivity contribution in [3.63, 3.8) is 0 Å². The SMILES string of the molecule is O[C@@H]1CCCN(c2ncc(Br)cn2)C1. The van der Waals surface area contributed by atoms with Crippen molar-refractivity contribution in [1.82, 2.24) is 9.97 Å². The van der Waals surface area contributed by atoms with Crippen molar-refractivity contribution in [2.24, 2.45) is 0 Å². The number of aliphatic hydroxyl groups is 1. The number of hydrogen-bond acceptors (Lipinski definition) is 4. The van der Waals surface area contributed by atoms with Gasteiger partial charge < -0.3 is 10.0 Å². The van der Waals surface area contributed by atoms with Gasteiger partial charge in [-0.1, -0.05) is 0 Å². The summed E-state index contributed by atoms with van der Waals surface area (Å²) in [6.45, 7) is 1.57. The van der Waals surface area contributed by atoms with E-state index in [1.54, 1.807) is 12.4 Å². The lowest BCUT2D eigenvalue weighted by Gasteiger charge is -2.29. The van der Waals surface area contributed by atoms with Crippen LogP contribution in [0.3, 0.4) is 0 Å². The second kappa shape index (κ2) is 4.23. The van der Waals surface area contributed by atoms with Gasteiger partial charge in [0.15, 0.2) is 0 Å². The van der Waals surface area contributed by atoms with Crippen LogP contribution in [0.2, 0.25) is 0 Å². The maximum atomic E-state index is 9.49. The first-order valence-electron chi connectivity index (χ1n) is 4.66. The van der Waals surface area contributed by atoms with Crippen molar-refractivity contribution in [3.8, 4) is 0 Å². The molecule has 2 rings (SSSR count). The molecule has 1 aliphatic rings. The standard InChI is InChI=1S/C9H12BrN3O/c10-7-4-11-9(12-5-7)13-3-1-2-8(14)6-13/h4-5,8,14H,1-3,6H2/t8-/m1/s1. The van der Waals surface area contributed by atoms with Crippen molar-refractivity contribution < 1.29 is 5.11 Å². The lowest BCUT2D eigenvalue weighted by Crippen LogP contribution is -2.39. The quantitative estimate of drug-likeness (QED) is 0.822. The Kier molecular flexibility index (Phi) is 2.98. The highest BCUT2D eigenvalue weighted by Crippen LogP contribution is 2.16. The molecular formula is C9H12BrN3O. The number of piperidine rings is 1. The first-order chi connectivity index (χ1) is 6.75. The molecule has 4 nitrogen and oxygen atoms in total. The Morgan fingerprint density at radius 1 is 1.43 bits per heavy atom. The van der Waals surface area contributed by atoms with Crippen LogP contribution in [-0.2, 0) is 0 Å². The van der Waals surface area contributed by atoms with Gasteiger partial charge in [-0.2, -0.15) is 0 Å². The number of anilines is 1. The van der Waals surface area contributed by atoms with Crippen LogP contribution < -0.4 is 4.90 Å². The molecule has 2 heterocycles. The highest BCUT2D eigenvalue weighted by atomic mass is 79.9. The Labute approximate surface area is 91.1 Å². The Morgan fingerprint density at radius 2 is 2.14 bits per heavy atom. The monoisotopic (exact) mass is 257 g/mol. The second-order valence-corrected chi connectivity index (χ2v) is 4.36. The molecule has 14 heavy (non-hydrogen) atoms. The van der Waals surface area contributed by atoms with Gasteiger partial charge in [-0.25, -0.2) is 9.97 Å². The number of hydrogen-bond donors (Lipinski definition) is 1. The molecule has 1 aliphatic heterocycles. The summed E-state index contributed by atoms with van der Waals surface area (Å²) in [5.74, 6) is 0.701. The van der Waals surface area contributed by atoms with Gasteiger partial charge in [-0.05, 0) is 28.8 Å². The molecule has 0 radical (unpaired) electrons. The zero-order valence-corrected chi connectivity index (χ0v) is 9.31. The summed E-state index contributed by atoms with van der Waals surface area (Å²) < 4.78 is 0.874. The molecule has 0 bridgehead atoms. The lowest BCUT2D eigenvalue weighted by molar-refractivity contribution is 0.153. The number of aromatic nitrogens is 2. The summed E-state index contributed by atoms with van der Waals surface area (Å²) in [7, 11) is 0. The highest BCUT2D eigenvalue weighted by molar-refractivity contribution is 9.10. The summed E-state index contributed by atoms with van der Waals surface area (Å²) in [5.41, 5.74) is 0. The van der Waals surface area contributed by atoms with E-state index in [4.69, 9.17) is 0 Å². The van der Waals surface area contributed by atoms with Crippen LogP contribution in [-0.4, -0.2) is 34.3 Å². The molecule has 0 saturated carbocycles. The Bertz CT molecular complexity index is 303. The third-order valence-corrected chi connectivity index (χ3v) is 2.70. The molecule has 5 heteroatoms. The third kappa shape index (κ3) is 2.22. The smallest absolute Gasteiger partial charge is 0.225 e. The predicted molar refractivity (Wildman–Crippen MR) is 57.2 cm³/mol. The number of halogens is 1. The molecule has 0 aliphatic carbocycles. The molecule has 1 saturated heterocycles. The van der Waals surface area contributed by atoms with E-state index in [-0.39, 0.29) is 6.10 Å². The third-order valence-electron chi connectivity index (χ3n) is 2.29. The fourth-order valence-electron chi connectivity index (χ4n) is 1.61. The van der Waals surface area contributed by atoms with Gasteiger partial charge in [0.25, 0.3) is 0 Å².